The molecule has 0 radical (unpaired) electrons. The maximum atomic E-state index is 14.9. The van der Waals surface area contributed by atoms with Crippen molar-refractivity contribution in [3.63, 3.8) is 0 Å². The Bertz CT molecular complexity index is 1480. The van der Waals surface area contributed by atoms with Crippen LogP contribution in [0.2, 0.25) is 0 Å². The molecule has 0 bridgehead atoms. The number of aromatic nitrogens is 1. The quantitative estimate of drug-likeness (QED) is 0.267. The largest absolute Gasteiger partial charge is 0.351 e. The minimum atomic E-state index is -1.19. The van der Waals surface area contributed by atoms with Crippen LogP contribution in [0.4, 0.5) is 0 Å². The predicted octanol–water partition coefficient (Wildman–Crippen LogP) is 7.61. The fraction of sp³-hybridized carbons (Fsp3) is 0.412. The minimum absolute atomic E-state index is 0.0705. The molecule has 6 heteroatoms. The van der Waals surface area contributed by atoms with Gasteiger partial charge in [0.2, 0.25) is 0 Å². The van der Waals surface area contributed by atoms with Gasteiger partial charge in [-0.25, -0.2) is 0 Å². The number of hydrogen-bond donors (Lipinski definition) is 1. The van der Waals surface area contributed by atoms with Crippen molar-refractivity contribution in [1.29, 1.82) is 0 Å². The zero-order valence-electron chi connectivity index (χ0n) is 23.6. The van der Waals surface area contributed by atoms with Crippen molar-refractivity contribution in [3.05, 3.63) is 94.5 Å². The van der Waals surface area contributed by atoms with Crippen LogP contribution >= 0.6 is 11.3 Å². The smallest absolute Gasteiger partial charge is 0.272 e. The number of rotatable bonds is 6. The maximum absolute atomic E-state index is 14.9. The highest BCUT2D eigenvalue weighted by Gasteiger charge is 2.54. The summed E-state index contributed by atoms with van der Waals surface area (Å²) in [6.07, 6.45) is 8.89. The Hall–Kier alpha value is -3.38. The van der Waals surface area contributed by atoms with E-state index in [1.165, 1.54) is 24.1 Å². The van der Waals surface area contributed by atoms with Gasteiger partial charge in [0.25, 0.3) is 11.8 Å². The SMILES string of the molecule is CCc1cc2c(cc3n2C[C@](C(=O)NC2CCCCCCC2)(c2ccccc2)N([C@H](C)c2ccccc2)C3=O)s1. The predicted molar refractivity (Wildman–Crippen MR) is 163 cm³/mol. The van der Waals surface area contributed by atoms with Crippen LogP contribution in [0.15, 0.2) is 72.8 Å². The summed E-state index contributed by atoms with van der Waals surface area (Å²) in [4.78, 5) is 32.7. The van der Waals surface area contributed by atoms with Gasteiger partial charge in [-0.3, -0.25) is 9.59 Å². The first kappa shape index (κ1) is 26.8. The zero-order valence-corrected chi connectivity index (χ0v) is 24.4. The minimum Gasteiger partial charge on any atom is -0.351 e. The lowest BCUT2D eigenvalue weighted by atomic mass is 9.82. The fourth-order valence-corrected chi connectivity index (χ4v) is 7.81. The molecule has 208 valence electrons. The summed E-state index contributed by atoms with van der Waals surface area (Å²) in [7, 11) is 0. The number of nitrogens with zero attached hydrogens (tertiary/aromatic N) is 2. The van der Waals surface area contributed by atoms with Crippen molar-refractivity contribution >= 4 is 33.4 Å². The summed E-state index contributed by atoms with van der Waals surface area (Å²) >= 11 is 1.74. The van der Waals surface area contributed by atoms with Gasteiger partial charge in [-0.05, 0) is 49.4 Å². The van der Waals surface area contributed by atoms with Gasteiger partial charge in [0.15, 0.2) is 5.54 Å². The molecule has 1 saturated carbocycles. The molecule has 1 N–H and O–H groups in total. The van der Waals surface area contributed by atoms with Crippen LogP contribution in [-0.2, 0) is 23.3 Å². The Kier molecular flexibility index (Phi) is 7.54. The Morgan fingerprint density at radius 2 is 1.62 bits per heavy atom. The number of carbonyl (C=O) groups excluding carboxylic acids is 2. The highest BCUT2D eigenvalue weighted by molar-refractivity contribution is 7.19. The Balaban J connectivity index is 1.53. The van der Waals surface area contributed by atoms with Crippen LogP contribution in [0.5, 0.6) is 0 Å². The first-order valence-corrected chi connectivity index (χ1v) is 15.7. The van der Waals surface area contributed by atoms with E-state index >= 15 is 0 Å². The summed E-state index contributed by atoms with van der Waals surface area (Å²) in [6, 6.07) is 24.2. The lowest BCUT2D eigenvalue weighted by molar-refractivity contribution is -0.137. The van der Waals surface area contributed by atoms with Crippen LogP contribution in [-0.4, -0.2) is 27.3 Å². The van der Waals surface area contributed by atoms with Gasteiger partial charge in [0.1, 0.15) is 5.69 Å². The van der Waals surface area contributed by atoms with Crippen LogP contribution in [0, 0.1) is 0 Å². The van der Waals surface area contributed by atoms with E-state index in [4.69, 9.17) is 0 Å². The van der Waals surface area contributed by atoms with Crippen molar-refractivity contribution in [2.75, 3.05) is 0 Å². The highest BCUT2D eigenvalue weighted by Crippen LogP contribution is 2.45. The molecule has 4 aromatic rings. The molecule has 2 aromatic heterocycles. The number of hydrogen-bond acceptors (Lipinski definition) is 3. The van der Waals surface area contributed by atoms with E-state index in [0.29, 0.717) is 12.2 Å². The lowest BCUT2D eigenvalue weighted by Crippen LogP contribution is -2.64. The average Bonchev–Trinajstić information content (AvgIpc) is 3.53. The first-order chi connectivity index (χ1) is 19.5. The van der Waals surface area contributed by atoms with Crippen LogP contribution in [0.3, 0.4) is 0 Å². The number of carbonyl (C=O) groups is 2. The lowest BCUT2D eigenvalue weighted by Gasteiger charge is -2.49. The number of benzene rings is 2. The molecule has 6 rings (SSSR count). The average molecular weight is 554 g/mol. The van der Waals surface area contributed by atoms with Crippen molar-refractivity contribution in [2.24, 2.45) is 0 Å². The molecule has 0 unspecified atom stereocenters. The second-order valence-electron chi connectivity index (χ2n) is 11.4. The third-order valence-electron chi connectivity index (χ3n) is 8.96. The molecule has 1 aliphatic heterocycles. The Morgan fingerprint density at radius 1 is 0.975 bits per heavy atom. The standard InChI is InChI=1S/C34H39N3O2S/c1-3-28-21-29-31(40-28)22-30-32(38)37(24(2)25-15-9-7-10-16-25)34(23-36(29)30,26-17-11-8-12-18-26)33(39)35-27-19-13-5-4-6-14-20-27/h7-12,15-18,21-22,24,27H,3-6,13-14,19-20,23H2,1-2H3,(H,35,39)/t24-,34-/m1/s1. The highest BCUT2D eigenvalue weighted by atomic mass is 32.1. The third kappa shape index (κ3) is 4.66. The number of nitrogens with one attached hydrogen (secondary N) is 1. The normalized spacial score (nSPS) is 21.1. The van der Waals surface area contributed by atoms with Crippen molar-refractivity contribution in [1.82, 2.24) is 14.8 Å². The molecule has 1 aliphatic carbocycles. The molecular formula is C34H39N3O2S. The molecule has 2 aromatic carbocycles. The van der Waals surface area contributed by atoms with Gasteiger partial charge in [0, 0.05) is 10.9 Å². The van der Waals surface area contributed by atoms with Crippen LogP contribution < -0.4 is 5.32 Å². The summed E-state index contributed by atoms with van der Waals surface area (Å²) in [5.41, 5.74) is 2.40. The second kappa shape index (κ2) is 11.2. The molecule has 2 atom stereocenters. The number of aryl methyl sites for hydroxylation is 1. The van der Waals surface area contributed by atoms with Crippen LogP contribution in [0.1, 0.15) is 91.3 Å². The third-order valence-corrected chi connectivity index (χ3v) is 10.2. The number of fused-ring (bicyclic) bond motifs is 3. The van der Waals surface area contributed by atoms with Gasteiger partial charge in [-0.15, -0.1) is 11.3 Å². The van der Waals surface area contributed by atoms with Gasteiger partial charge in [-0.2, -0.15) is 0 Å². The first-order valence-electron chi connectivity index (χ1n) is 14.9. The van der Waals surface area contributed by atoms with E-state index in [9.17, 15) is 9.59 Å². The molecule has 1 fully saturated rings. The van der Waals surface area contributed by atoms with Crippen molar-refractivity contribution < 1.29 is 9.59 Å². The van der Waals surface area contributed by atoms with Gasteiger partial charge in [-0.1, -0.05) is 99.7 Å². The molecular weight excluding hydrogens is 514 g/mol. The van der Waals surface area contributed by atoms with E-state index < -0.39 is 5.54 Å². The Labute approximate surface area is 241 Å². The van der Waals surface area contributed by atoms with Crippen LogP contribution in [0.25, 0.3) is 10.2 Å². The van der Waals surface area contributed by atoms with Crippen molar-refractivity contribution in [2.45, 2.75) is 89.4 Å². The van der Waals surface area contributed by atoms with E-state index in [-0.39, 0.29) is 23.9 Å². The summed E-state index contributed by atoms with van der Waals surface area (Å²) in [5, 5.41) is 3.50. The molecule has 2 amide bonds. The summed E-state index contributed by atoms with van der Waals surface area (Å²) < 4.78 is 3.23. The van der Waals surface area contributed by atoms with E-state index in [1.807, 2.05) is 59.5 Å². The molecule has 3 heterocycles. The summed E-state index contributed by atoms with van der Waals surface area (Å²) in [5.74, 6) is -0.167. The number of thiophene rings is 1. The van der Waals surface area contributed by atoms with Gasteiger partial charge in [0.05, 0.1) is 22.8 Å². The number of amides is 2. The molecule has 40 heavy (non-hydrogen) atoms. The summed E-state index contributed by atoms with van der Waals surface area (Å²) in [6.45, 7) is 4.61. The fourth-order valence-electron chi connectivity index (χ4n) is 6.77. The second-order valence-corrected chi connectivity index (χ2v) is 12.6. The Morgan fingerprint density at radius 3 is 2.30 bits per heavy atom. The molecule has 0 saturated heterocycles. The molecule has 0 spiro atoms. The topological polar surface area (TPSA) is 54.3 Å². The zero-order chi connectivity index (χ0) is 27.7. The molecule has 5 nitrogen and oxygen atoms in total. The van der Waals surface area contributed by atoms with E-state index in [2.05, 4.69) is 41.9 Å². The van der Waals surface area contributed by atoms with E-state index in [1.54, 1.807) is 11.3 Å². The van der Waals surface area contributed by atoms with Crippen molar-refractivity contribution in [3.8, 4) is 0 Å². The van der Waals surface area contributed by atoms with Gasteiger partial charge < -0.3 is 14.8 Å². The molecule has 2 aliphatic rings. The van der Waals surface area contributed by atoms with E-state index in [0.717, 1.165) is 53.4 Å². The van der Waals surface area contributed by atoms with Gasteiger partial charge >= 0.3 is 0 Å². The maximum Gasteiger partial charge on any atom is 0.272 e. The monoisotopic (exact) mass is 553 g/mol.